The zero-order valence-corrected chi connectivity index (χ0v) is 9.65. The minimum atomic E-state index is -0.286. The number of aromatic nitrogens is 2. The van der Waals surface area contributed by atoms with Gasteiger partial charge in [0.25, 0.3) is 0 Å². The molecule has 88 valence electrons. The number of halogens is 1. The minimum Gasteiger partial charge on any atom is -0.313 e. The molecule has 17 heavy (non-hydrogen) atoms. The first-order valence-electron chi connectivity index (χ1n) is 5.58. The molecule has 0 saturated heterocycles. The van der Waals surface area contributed by atoms with Crippen molar-refractivity contribution in [3.63, 3.8) is 0 Å². The van der Waals surface area contributed by atoms with Crippen LogP contribution in [0.5, 0.6) is 0 Å². The van der Waals surface area contributed by atoms with Crippen molar-refractivity contribution in [2.24, 2.45) is 0 Å². The number of nitrogens with one attached hydrogen (secondary N) is 1. The molecule has 0 atom stereocenters. The lowest BCUT2D eigenvalue weighted by Gasteiger charge is -2.05. The molecule has 0 unspecified atom stereocenters. The topological polar surface area (TPSA) is 37.8 Å². The highest BCUT2D eigenvalue weighted by Gasteiger charge is 2.07. The molecule has 0 radical (unpaired) electrons. The lowest BCUT2D eigenvalue weighted by atomic mass is 10.1. The average molecular weight is 231 g/mol. The van der Waals surface area contributed by atoms with E-state index < -0.39 is 0 Å². The Labute approximate surface area is 99.7 Å². The van der Waals surface area contributed by atoms with Crippen LogP contribution in [0.1, 0.15) is 12.5 Å². The van der Waals surface area contributed by atoms with Crippen molar-refractivity contribution < 1.29 is 4.39 Å². The lowest BCUT2D eigenvalue weighted by Crippen LogP contribution is -2.11. The Balaban J connectivity index is 2.26. The summed E-state index contributed by atoms with van der Waals surface area (Å²) in [5.74, 6) is 0.131. The minimum absolute atomic E-state index is 0.286. The maximum absolute atomic E-state index is 13.9. The second-order valence-electron chi connectivity index (χ2n) is 3.67. The summed E-state index contributed by atoms with van der Waals surface area (Å²) in [6.45, 7) is 3.55. The molecule has 0 aliphatic heterocycles. The van der Waals surface area contributed by atoms with E-state index in [4.69, 9.17) is 0 Å². The molecule has 1 aromatic carbocycles. The second-order valence-corrected chi connectivity index (χ2v) is 3.67. The highest BCUT2D eigenvalue weighted by Crippen LogP contribution is 2.19. The third-order valence-corrected chi connectivity index (χ3v) is 2.42. The zero-order chi connectivity index (χ0) is 12.1. The molecular weight excluding hydrogens is 217 g/mol. The quantitative estimate of drug-likeness (QED) is 0.878. The van der Waals surface area contributed by atoms with Gasteiger partial charge in [0, 0.05) is 18.9 Å². The summed E-state index contributed by atoms with van der Waals surface area (Å²) in [4.78, 5) is 8.07. The molecule has 3 nitrogen and oxygen atoms in total. The summed E-state index contributed by atoms with van der Waals surface area (Å²) in [6, 6.07) is 6.84. The van der Waals surface area contributed by atoms with E-state index in [2.05, 4.69) is 15.3 Å². The van der Waals surface area contributed by atoms with Crippen LogP contribution in [0.15, 0.2) is 36.7 Å². The smallest absolute Gasteiger partial charge is 0.162 e. The fourth-order valence-corrected chi connectivity index (χ4v) is 1.56. The van der Waals surface area contributed by atoms with Crippen LogP contribution >= 0.6 is 0 Å². The van der Waals surface area contributed by atoms with Crippen molar-refractivity contribution in [2.75, 3.05) is 6.54 Å². The molecular formula is C13H14FN3. The first-order valence-corrected chi connectivity index (χ1v) is 5.58. The highest BCUT2D eigenvalue weighted by molar-refractivity contribution is 5.55. The Hall–Kier alpha value is -1.81. The molecule has 0 spiro atoms. The molecule has 1 heterocycles. The Bertz CT molecular complexity index is 485. The van der Waals surface area contributed by atoms with Crippen LogP contribution in [0.25, 0.3) is 11.4 Å². The summed E-state index contributed by atoms with van der Waals surface area (Å²) >= 11 is 0. The van der Waals surface area contributed by atoms with Crippen molar-refractivity contribution in [3.05, 3.63) is 48.0 Å². The van der Waals surface area contributed by atoms with Crippen molar-refractivity contribution in [3.8, 4) is 11.4 Å². The van der Waals surface area contributed by atoms with Crippen LogP contribution in [-0.2, 0) is 6.54 Å². The van der Waals surface area contributed by atoms with Gasteiger partial charge < -0.3 is 5.32 Å². The van der Waals surface area contributed by atoms with Gasteiger partial charge in [-0.3, -0.25) is 0 Å². The van der Waals surface area contributed by atoms with Gasteiger partial charge in [-0.15, -0.1) is 0 Å². The fourth-order valence-electron chi connectivity index (χ4n) is 1.56. The molecule has 0 fully saturated rings. The van der Waals surface area contributed by atoms with Gasteiger partial charge in [0.05, 0.1) is 5.56 Å². The molecule has 2 rings (SSSR count). The van der Waals surface area contributed by atoms with E-state index in [0.29, 0.717) is 17.9 Å². The fraction of sp³-hybridized carbons (Fsp3) is 0.231. The van der Waals surface area contributed by atoms with Crippen molar-refractivity contribution >= 4 is 0 Å². The van der Waals surface area contributed by atoms with E-state index in [-0.39, 0.29) is 5.82 Å². The SMILES string of the molecule is CCNCc1ccc(-c2ncccn2)c(F)c1. The van der Waals surface area contributed by atoms with Crippen LogP contribution in [0.2, 0.25) is 0 Å². The Kier molecular flexibility index (Phi) is 3.77. The zero-order valence-electron chi connectivity index (χ0n) is 9.65. The number of hydrogen-bond donors (Lipinski definition) is 1. The van der Waals surface area contributed by atoms with Gasteiger partial charge in [-0.25, -0.2) is 14.4 Å². The largest absolute Gasteiger partial charge is 0.313 e. The van der Waals surface area contributed by atoms with E-state index >= 15 is 0 Å². The van der Waals surface area contributed by atoms with E-state index in [9.17, 15) is 4.39 Å². The molecule has 0 aliphatic rings. The second kappa shape index (κ2) is 5.50. The lowest BCUT2D eigenvalue weighted by molar-refractivity contribution is 0.624. The molecule has 0 bridgehead atoms. The first-order chi connectivity index (χ1) is 8.31. The van der Waals surface area contributed by atoms with Crippen LogP contribution < -0.4 is 5.32 Å². The maximum Gasteiger partial charge on any atom is 0.162 e. The first kappa shape index (κ1) is 11.7. The van der Waals surface area contributed by atoms with Gasteiger partial charge in [-0.05, 0) is 30.3 Å². The summed E-state index contributed by atoms with van der Waals surface area (Å²) in [7, 11) is 0. The molecule has 1 N–H and O–H groups in total. The molecule has 4 heteroatoms. The van der Waals surface area contributed by atoms with Gasteiger partial charge in [0.1, 0.15) is 5.82 Å². The molecule has 0 aliphatic carbocycles. The van der Waals surface area contributed by atoms with Crippen LogP contribution in [0.4, 0.5) is 4.39 Å². The van der Waals surface area contributed by atoms with Gasteiger partial charge in [0.15, 0.2) is 5.82 Å². The highest BCUT2D eigenvalue weighted by atomic mass is 19.1. The third-order valence-electron chi connectivity index (χ3n) is 2.42. The number of hydrogen-bond acceptors (Lipinski definition) is 3. The molecule has 2 aromatic rings. The average Bonchev–Trinajstić information content (AvgIpc) is 2.37. The van der Waals surface area contributed by atoms with Crippen molar-refractivity contribution in [1.82, 2.24) is 15.3 Å². The van der Waals surface area contributed by atoms with E-state index in [1.807, 2.05) is 13.0 Å². The van der Waals surface area contributed by atoms with Crippen molar-refractivity contribution in [2.45, 2.75) is 13.5 Å². The maximum atomic E-state index is 13.9. The molecule has 0 saturated carbocycles. The summed E-state index contributed by atoms with van der Waals surface area (Å²) in [6.07, 6.45) is 3.21. The Morgan fingerprint density at radius 1 is 1.24 bits per heavy atom. The molecule has 1 aromatic heterocycles. The number of rotatable bonds is 4. The van der Waals surface area contributed by atoms with Gasteiger partial charge in [-0.2, -0.15) is 0 Å². The van der Waals surface area contributed by atoms with Gasteiger partial charge in [0.2, 0.25) is 0 Å². The number of benzene rings is 1. The van der Waals surface area contributed by atoms with E-state index in [0.717, 1.165) is 12.1 Å². The third kappa shape index (κ3) is 2.85. The summed E-state index contributed by atoms with van der Waals surface area (Å²) in [5, 5.41) is 3.15. The van der Waals surface area contributed by atoms with E-state index in [1.165, 1.54) is 6.07 Å². The van der Waals surface area contributed by atoms with Crippen LogP contribution in [0, 0.1) is 5.82 Å². The summed E-state index contributed by atoms with van der Waals surface area (Å²) < 4.78 is 13.9. The standard InChI is InChI=1S/C13H14FN3/c1-2-15-9-10-4-5-11(12(14)8-10)13-16-6-3-7-17-13/h3-8,15H,2,9H2,1H3. The Morgan fingerprint density at radius 2 is 2.00 bits per heavy atom. The molecule has 0 amide bonds. The predicted molar refractivity (Wildman–Crippen MR) is 64.8 cm³/mol. The van der Waals surface area contributed by atoms with E-state index in [1.54, 1.807) is 24.5 Å². The van der Waals surface area contributed by atoms with Gasteiger partial charge in [-0.1, -0.05) is 13.0 Å². The summed E-state index contributed by atoms with van der Waals surface area (Å²) in [5.41, 5.74) is 1.36. The monoisotopic (exact) mass is 231 g/mol. The van der Waals surface area contributed by atoms with Crippen LogP contribution in [0.3, 0.4) is 0 Å². The van der Waals surface area contributed by atoms with Gasteiger partial charge >= 0.3 is 0 Å². The normalized spacial score (nSPS) is 10.5. The predicted octanol–water partition coefficient (Wildman–Crippen LogP) is 2.39. The van der Waals surface area contributed by atoms with Crippen molar-refractivity contribution in [1.29, 1.82) is 0 Å². The Morgan fingerprint density at radius 3 is 2.65 bits per heavy atom. The van der Waals surface area contributed by atoms with Crippen LogP contribution in [-0.4, -0.2) is 16.5 Å². The number of nitrogens with zero attached hydrogens (tertiary/aromatic N) is 2.